The molecule has 0 fully saturated rings. The molecule has 0 radical (unpaired) electrons. The number of thiol groups is 2. The summed E-state index contributed by atoms with van der Waals surface area (Å²) in [5, 5.41) is 8.06. The van der Waals surface area contributed by atoms with Gasteiger partial charge in [-0.1, -0.05) is 0 Å². The molecular formula is C2H8O2S2. The number of aliphatic hydroxyl groups excluding tert-OH is 1. The Balaban J connectivity index is 3.48. The van der Waals surface area contributed by atoms with Crippen LogP contribution in [-0.2, 0) is 8.96 Å². The molecule has 0 bridgehead atoms. The third kappa shape index (κ3) is 4.46. The van der Waals surface area contributed by atoms with Crippen molar-refractivity contribution in [3.63, 3.8) is 0 Å². The van der Waals surface area contributed by atoms with Gasteiger partial charge in [0.1, 0.15) is 5.94 Å². The molecule has 0 aromatic heterocycles. The average molecular weight is 128 g/mol. The van der Waals surface area contributed by atoms with E-state index in [0.29, 0.717) is 0 Å². The first-order valence-corrected chi connectivity index (χ1v) is 4.95. The number of hydrogen-bond donors (Lipinski definition) is 3. The van der Waals surface area contributed by atoms with Crippen molar-refractivity contribution in [2.24, 2.45) is 0 Å². The number of hydrogen-bond acceptors (Lipinski definition) is 2. The molecule has 4 heteroatoms. The molecule has 0 saturated heterocycles. The summed E-state index contributed by atoms with van der Waals surface area (Å²) in [7, 11) is -2.40. The Morgan fingerprint density at radius 1 is 2.00 bits per heavy atom. The molecule has 0 aliphatic carbocycles. The van der Waals surface area contributed by atoms with Crippen molar-refractivity contribution in [2.75, 3.05) is 12.2 Å². The van der Waals surface area contributed by atoms with E-state index < -0.39 is 8.96 Å². The van der Waals surface area contributed by atoms with Gasteiger partial charge in [-0.15, -0.1) is 11.7 Å². The first-order valence-electron chi connectivity index (χ1n) is 1.46. The predicted molar refractivity (Wildman–Crippen MR) is 31.5 cm³/mol. The molecule has 0 rings (SSSR count). The smallest absolute Gasteiger partial charge is 0.104 e. The van der Waals surface area contributed by atoms with Crippen molar-refractivity contribution in [2.45, 2.75) is 0 Å². The fourth-order valence-electron chi connectivity index (χ4n) is 0. The lowest BCUT2D eigenvalue weighted by Crippen LogP contribution is -2.02. The van der Waals surface area contributed by atoms with Crippen LogP contribution in [0.3, 0.4) is 0 Å². The topological polar surface area (TPSA) is 37.3 Å². The Morgan fingerprint density at radius 3 is 2.17 bits per heavy atom. The van der Waals surface area contributed by atoms with Crippen molar-refractivity contribution >= 4 is 20.6 Å². The van der Waals surface area contributed by atoms with E-state index in [1.54, 1.807) is 0 Å². The van der Waals surface area contributed by atoms with Crippen LogP contribution in [0.25, 0.3) is 0 Å². The number of rotatable bonds is 1. The Bertz CT molecular complexity index is 73.6. The molecule has 0 saturated carbocycles. The van der Waals surface area contributed by atoms with Crippen LogP contribution in [-0.4, -0.2) is 21.5 Å². The van der Waals surface area contributed by atoms with E-state index in [1.807, 2.05) is 0 Å². The first kappa shape index (κ1) is 6.46. The SMILES string of the molecule is C[SH](=O)(S)CO. The van der Waals surface area contributed by atoms with E-state index in [9.17, 15) is 4.21 Å². The highest BCUT2D eigenvalue weighted by Gasteiger charge is 1.92. The molecule has 0 aromatic carbocycles. The second-order valence-corrected chi connectivity index (χ2v) is 6.12. The maximum atomic E-state index is 10.2. The molecule has 2 nitrogen and oxygen atoms in total. The van der Waals surface area contributed by atoms with E-state index >= 15 is 0 Å². The summed E-state index contributed by atoms with van der Waals surface area (Å²) in [5.41, 5.74) is 0. The van der Waals surface area contributed by atoms with Gasteiger partial charge in [0, 0.05) is 6.26 Å². The van der Waals surface area contributed by atoms with Gasteiger partial charge in [-0.05, 0) is 8.96 Å². The standard InChI is InChI=1S/C2H8O2S2/c1-6(4,5)2-3/h3,6H,2H2,1H3,(H,4,5). The van der Waals surface area contributed by atoms with Gasteiger partial charge >= 0.3 is 0 Å². The van der Waals surface area contributed by atoms with Gasteiger partial charge in [0.05, 0.1) is 0 Å². The Kier molecular flexibility index (Phi) is 2.10. The summed E-state index contributed by atoms with van der Waals surface area (Å²) in [6.45, 7) is 0. The monoisotopic (exact) mass is 128 g/mol. The number of aliphatic hydroxyl groups is 1. The average Bonchev–Trinajstić information content (AvgIpc) is 1.35. The molecule has 1 N–H and O–H groups in total. The van der Waals surface area contributed by atoms with Gasteiger partial charge in [0.2, 0.25) is 0 Å². The molecule has 0 heterocycles. The summed E-state index contributed by atoms with van der Waals surface area (Å²) >= 11 is 3.56. The van der Waals surface area contributed by atoms with E-state index in [2.05, 4.69) is 11.7 Å². The largest absolute Gasteiger partial charge is 0.384 e. The summed E-state index contributed by atoms with van der Waals surface area (Å²) in [5.74, 6) is -0.309. The minimum Gasteiger partial charge on any atom is -0.384 e. The predicted octanol–water partition coefficient (Wildman–Crippen LogP) is -0.573. The van der Waals surface area contributed by atoms with Crippen LogP contribution in [0.1, 0.15) is 0 Å². The van der Waals surface area contributed by atoms with Crippen LogP contribution in [0.2, 0.25) is 0 Å². The Labute approximate surface area is 42.8 Å². The van der Waals surface area contributed by atoms with Crippen molar-refractivity contribution in [1.29, 1.82) is 0 Å². The van der Waals surface area contributed by atoms with Crippen LogP contribution in [0.5, 0.6) is 0 Å². The molecule has 6 heavy (non-hydrogen) atoms. The van der Waals surface area contributed by atoms with Gasteiger partial charge in [-0.2, -0.15) is 0 Å². The quantitative estimate of drug-likeness (QED) is 0.327. The fraction of sp³-hybridized carbons (Fsp3) is 1.00. The zero-order chi connectivity index (χ0) is 5.21. The van der Waals surface area contributed by atoms with Crippen LogP contribution < -0.4 is 0 Å². The van der Waals surface area contributed by atoms with Gasteiger partial charge in [0.25, 0.3) is 0 Å². The minimum absolute atomic E-state index is 0.309. The van der Waals surface area contributed by atoms with Crippen molar-refractivity contribution in [3.05, 3.63) is 0 Å². The molecule has 0 aromatic rings. The van der Waals surface area contributed by atoms with E-state index in [-0.39, 0.29) is 5.94 Å². The van der Waals surface area contributed by atoms with Crippen LogP contribution in [0.4, 0.5) is 0 Å². The van der Waals surface area contributed by atoms with Gasteiger partial charge in [-0.3, -0.25) is 4.21 Å². The lowest BCUT2D eigenvalue weighted by atomic mass is 11.7. The van der Waals surface area contributed by atoms with Gasteiger partial charge in [-0.25, -0.2) is 0 Å². The zero-order valence-corrected chi connectivity index (χ0v) is 5.25. The molecule has 0 amide bonds. The molecule has 0 spiro atoms. The first-order chi connectivity index (χ1) is 2.56. The third-order valence-corrected chi connectivity index (χ3v) is 1.17. The zero-order valence-electron chi connectivity index (χ0n) is 3.46. The second kappa shape index (κ2) is 1.95. The fourth-order valence-corrected chi connectivity index (χ4v) is 0. The third-order valence-electron chi connectivity index (χ3n) is 0.262. The molecule has 0 aliphatic rings. The van der Waals surface area contributed by atoms with Crippen LogP contribution in [0, 0.1) is 0 Å². The highest BCUT2D eigenvalue weighted by molar-refractivity contribution is 8.68. The minimum atomic E-state index is -2.40. The second-order valence-electron chi connectivity index (χ2n) is 1.19. The molecule has 0 unspecified atom stereocenters. The highest BCUT2D eigenvalue weighted by Crippen LogP contribution is 1.99. The Hall–Kier alpha value is 0.460. The van der Waals surface area contributed by atoms with Gasteiger partial charge < -0.3 is 5.11 Å². The Morgan fingerprint density at radius 2 is 2.17 bits per heavy atom. The van der Waals surface area contributed by atoms with Crippen LogP contribution in [0.15, 0.2) is 0 Å². The normalized spacial score (nSPS) is 14.5. The van der Waals surface area contributed by atoms with Crippen molar-refractivity contribution < 1.29 is 9.32 Å². The van der Waals surface area contributed by atoms with Crippen LogP contribution >= 0.6 is 11.7 Å². The lowest BCUT2D eigenvalue weighted by Gasteiger charge is -2.01. The summed E-state index contributed by atoms with van der Waals surface area (Å²) in [6, 6.07) is 0. The van der Waals surface area contributed by atoms with E-state index in [4.69, 9.17) is 5.11 Å². The summed E-state index contributed by atoms with van der Waals surface area (Å²) < 4.78 is 10.2. The molecule has 0 atom stereocenters. The molecule has 0 aliphatic heterocycles. The molecule has 40 valence electrons. The van der Waals surface area contributed by atoms with Gasteiger partial charge in [0.15, 0.2) is 0 Å². The van der Waals surface area contributed by atoms with Crippen molar-refractivity contribution in [1.82, 2.24) is 0 Å². The summed E-state index contributed by atoms with van der Waals surface area (Å²) in [6.07, 6.45) is 1.41. The van der Waals surface area contributed by atoms with Crippen molar-refractivity contribution in [3.8, 4) is 0 Å². The lowest BCUT2D eigenvalue weighted by molar-refractivity contribution is 0.368. The maximum absolute atomic E-state index is 10.2. The molecular weight excluding hydrogens is 120 g/mol. The van der Waals surface area contributed by atoms with E-state index in [0.717, 1.165) is 0 Å². The maximum Gasteiger partial charge on any atom is 0.104 e. The highest BCUT2D eigenvalue weighted by atomic mass is 33.1. The van der Waals surface area contributed by atoms with E-state index in [1.165, 1.54) is 6.26 Å². The summed E-state index contributed by atoms with van der Waals surface area (Å²) in [4.78, 5) is 0.